The number of rotatable bonds is 9. The van der Waals surface area contributed by atoms with Gasteiger partial charge in [-0.15, -0.1) is 5.73 Å². The molecule has 0 aliphatic heterocycles. The lowest BCUT2D eigenvalue weighted by Gasteiger charge is -2.11. The van der Waals surface area contributed by atoms with Crippen LogP contribution in [0.25, 0.3) is 95.2 Å². The normalized spacial score (nSPS) is 12.6. The van der Waals surface area contributed by atoms with E-state index in [-0.39, 0.29) is 0 Å². The summed E-state index contributed by atoms with van der Waals surface area (Å²) < 4.78 is 4.63. The zero-order chi connectivity index (χ0) is 42.1. The third kappa shape index (κ3) is 7.05. The van der Waals surface area contributed by atoms with Gasteiger partial charge in [-0.3, -0.25) is 0 Å². The van der Waals surface area contributed by atoms with E-state index in [1.165, 1.54) is 21.7 Å². The van der Waals surface area contributed by atoms with Gasteiger partial charge in [0.15, 0.2) is 17.5 Å². The number of para-hydroxylation sites is 3. The highest BCUT2D eigenvalue weighted by atomic mass is 15.0. The van der Waals surface area contributed by atoms with Gasteiger partial charge in [-0.05, 0) is 95.1 Å². The van der Waals surface area contributed by atoms with Crippen molar-refractivity contribution in [3.05, 3.63) is 248 Å². The average molecular weight is 806 g/mol. The predicted molar refractivity (Wildman–Crippen MR) is 262 cm³/mol. The van der Waals surface area contributed by atoms with Crippen molar-refractivity contribution < 1.29 is 0 Å². The van der Waals surface area contributed by atoms with Gasteiger partial charge in [0.25, 0.3) is 0 Å². The lowest BCUT2D eigenvalue weighted by molar-refractivity contribution is 1.04. The summed E-state index contributed by atoms with van der Waals surface area (Å²) in [6.45, 7) is 4.27. The van der Waals surface area contributed by atoms with Gasteiger partial charge in [0, 0.05) is 56.0 Å². The van der Waals surface area contributed by atoms with Crippen LogP contribution in [0, 0.1) is 0 Å². The molecule has 0 saturated heterocycles. The molecule has 0 fully saturated rings. The van der Waals surface area contributed by atoms with Crippen molar-refractivity contribution in [2.45, 2.75) is 0 Å². The largest absolute Gasteiger partial charge is 0.316 e. The summed E-state index contributed by atoms with van der Waals surface area (Å²) in [6.07, 6.45) is 16.1. The topological polar surface area (TPSA) is 48.5 Å². The van der Waals surface area contributed by atoms with Crippen molar-refractivity contribution in [1.29, 1.82) is 0 Å². The molecule has 11 rings (SSSR count). The highest BCUT2D eigenvalue weighted by molar-refractivity contribution is 6.10. The van der Waals surface area contributed by atoms with E-state index in [0.29, 0.717) is 17.5 Å². The van der Waals surface area contributed by atoms with E-state index in [4.69, 9.17) is 15.0 Å². The molecule has 0 spiro atoms. The Morgan fingerprint density at radius 1 is 0.508 bits per heavy atom. The van der Waals surface area contributed by atoms with Gasteiger partial charge >= 0.3 is 0 Å². The molecule has 63 heavy (non-hydrogen) atoms. The molecule has 0 amide bonds. The highest BCUT2D eigenvalue weighted by Gasteiger charge is 2.17. The fourth-order valence-corrected chi connectivity index (χ4v) is 8.57. The molecule has 3 aromatic heterocycles. The summed E-state index contributed by atoms with van der Waals surface area (Å²) in [6, 6.07) is 61.8. The Balaban J connectivity index is 0.952. The van der Waals surface area contributed by atoms with Crippen LogP contribution in [-0.4, -0.2) is 24.1 Å². The zero-order valence-corrected chi connectivity index (χ0v) is 34.3. The first-order valence-corrected chi connectivity index (χ1v) is 21.0. The molecular weight excluding hydrogens is 767 g/mol. The Hall–Kier alpha value is -8.63. The third-order valence-electron chi connectivity index (χ3n) is 11.6. The van der Waals surface area contributed by atoms with Crippen LogP contribution in [0.1, 0.15) is 17.0 Å². The van der Waals surface area contributed by atoms with E-state index in [9.17, 15) is 0 Å². The minimum Gasteiger partial charge on any atom is -0.316 e. The fourth-order valence-electron chi connectivity index (χ4n) is 8.57. The Kier molecular flexibility index (Phi) is 9.55. The molecule has 296 valence electrons. The van der Waals surface area contributed by atoms with E-state index in [1.807, 2.05) is 66.8 Å². The van der Waals surface area contributed by atoms with E-state index in [1.54, 1.807) is 0 Å². The van der Waals surface area contributed by atoms with Crippen LogP contribution >= 0.6 is 0 Å². The van der Waals surface area contributed by atoms with Crippen LogP contribution in [0.3, 0.4) is 0 Å². The summed E-state index contributed by atoms with van der Waals surface area (Å²) in [5.41, 5.74) is 17.1. The first-order chi connectivity index (χ1) is 31.2. The van der Waals surface area contributed by atoms with Crippen LogP contribution in [-0.2, 0) is 0 Å². The van der Waals surface area contributed by atoms with Gasteiger partial charge in [0.2, 0.25) is 0 Å². The average Bonchev–Trinajstić information content (AvgIpc) is 3.74. The van der Waals surface area contributed by atoms with Crippen molar-refractivity contribution in [2.24, 2.45) is 0 Å². The predicted octanol–water partition coefficient (Wildman–Crippen LogP) is 14.3. The molecule has 0 saturated carbocycles. The quantitative estimate of drug-likeness (QED) is 0.108. The standard InChI is InChI=1S/C58H39N5/c1-2-40(36-47-39-62(48-23-11-6-12-24-48)53-28-15-13-26-50(47)53)45-22-17-25-49(37-45)63-54-29-16-14-27-51(54)52-38-46(34-35-55(52)63)41-30-32-44(33-31-41)58-60-56(42-18-7-3-4-8-19-42)59-57(61-58)43-20-9-5-10-21-43/h2-3,5-39H,1H2/b40-36+. The van der Waals surface area contributed by atoms with Crippen LogP contribution in [0.2, 0.25) is 0 Å². The Morgan fingerprint density at radius 3 is 1.94 bits per heavy atom. The molecule has 0 bridgehead atoms. The van der Waals surface area contributed by atoms with E-state index in [2.05, 4.69) is 179 Å². The van der Waals surface area contributed by atoms with Crippen molar-refractivity contribution in [3.8, 4) is 45.3 Å². The minimum atomic E-state index is 0.615. The molecule has 5 nitrogen and oxygen atoms in total. The summed E-state index contributed by atoms with van der Waals surface area (Å²) in [5.74, 6) is 1.87. The highest BCUT2D eigenvalue weighted by Crippen LogP contribution is 2.37. The van der Waals surface area contributed by atoms with Gasteiger partial charge in [-0.1, -0.05) is 152 Å². The SMILES string of the molecule is C=C/C(=C\c1cn(-c2ccccc2)c2ccccc12)c1cccc(-n2c3ccccc3c3cc(-c4ccc(-c5nc(C6=CC=C=CC=C6)nc(-c6ccccc6)n5)cc4)ccc32)c1. The monoisotopic (exact) mass is 805 g/mol. The van der Waals surface area contributed by atoms with E-state index < -0.39 is 0 Å². The fraction of sp³-hybridized carbons (Fsp3) is 0. The van der Waals surface area contributed by atoms with E-state index in [0.717, 1.165) is 66.9 Å². The molecule has 0 atom stereocenters. The Morgan fingerprint density at radius 2 is 1.14 bits per heavy atom. The number of allylic oxidation sites excluding steroid dienone is 7. The van der Waals surface area contributed by atoms with Gasteiger partial charge < -0.3 is 9.13 Å². The second kappa shape index (κ2) is 16.1. The van der Waals surface area contributed by atoms with Crippen molar-refractivity contribution in [2.75, 3.05) is 0 Å². The van der Waals surface area contributed by atoms with Gasteiger partial charge in [0.1, 0.15) is 0 Å². The minimum absolute atomic E-state index is 0.615. The van der Waals surface area contributed by atoms with Gasteiger partial charge in [-0.25, -0.2) is 15.0 Å². The van der Waals surface area contributed by atoms with Gasteiger partial charge in [-0.2, -0.15) is 0 Å². The third-order valence-corrected chi connectivity index (χ3v) is 11.6. The lowest BCUT2D eigenvalue weighted by atomic mass is 10.0. The molecule has 0 N–H and O–H groups in total. The molecular formula is C58H39N5. The number of aromatic nitrogens is 5. The molecule has 7 aromatic carbocycles. The maximum Gasteiger partial charge on any atom is 0.164 e. The first kappa shape index (κ1) is 37.4. The van der Waals surface area contributed by atoms with Crippen LogP contribution in [0.5, 0.6) is 0 Å². The lowest BCUT2D eigenvalue weighted by Crippen LogP contribution is -2.02. The van der Waals surface area contributed by atoms with Crippen molar-refractivity contribution >= 4 is 49.9 Å². The number of fused-ring (bicyclic) bond motifs is 4. The van der Waals surface area contributed by atoms with Crippen LogP contribution in [0.4, 0.5) is 0 Å². The van der Waals surface area contributed by atoms with Gasteiger partial charge in [0.05, 0.1) is 16.6 Å². The molecule has 1 aliphatic rings. The van der Waals surface area contributed by atoms with Crippen molar-refractivity contribution in [3.63, 3.8) is 0 Å². The van der Waals surface area contributed by atoms with E-state index >= 15 is 0 Å². The number of benzene rings is 7. The summed E-state index contributed by atoms with van der Waals surface area (Å²) in [5, 5.41) is 3.58. The summed E-state index contributed by atoms with van der Waals surface area (Å²) in [4.78, 5) is 14.8. The molecule has 3 heterocycles. The Bertz CT molecular complexity index is 3540. The van der Waals surface area contributed by atoms with Crippen LogP contribution < -0.4 is 0 Å². The summed E-state index contributed by atoms with van der Waals surface area (Å²) >= 11 is 0. The maximum atomic E-state index is 4.96. The molecule has 0 unspecified atom stereocenters. The summed E-state index contributed by atoms with van der Waals surface area (Å²) in [7, 11) is 0. The van der Waals surface area contributed by atoms with Crippen LogP contribution in [0.15, 0.2) is 231 Å². The number of nitrogens with zero attached hydrogens (tertiary/aromatic N) is 5. The number of hydrogen-bond acceptors (Lipinski definition) is 3. The molecule has 10 aromatic rings. The molecule has 0 radical (unpaired) electrons. The molecule has 1 aliphatic carbocycles. The smallest absolute Gasteiger partial charge is 0.164 e. The maximum absolute atomic E-state index is 4.96. The van der Waals surface area contributed by atoms with Crippen molar-refractivity contribution in [1.82, 2.24) is 24.1 Å². The zero-order valence-electron chi connectivity index (χ0n) is 34.3. The first-order valence-electron chi connectivity index (χ1n) is 21.0. The molecule has 5 heteroatoms. The second-order valence-electron chi connectivity index (χ2n) is 15.5. The number of hydrogen-bond donors (Lipinski definition) is 0. The Labute approximate surface area is 365 Å². The second-order valence-corrected chi connectivity index (χ2v) is 15.5.